The molecular formula is C26H21N7O. The van der Waals surface area contributed by atoms with Crippen LogP contribution in [0.5, 0.6) is 0 Å². The molecule has 0 saturated carbocycles. The number of amides is 1. The third-order valence-corrected chi connectivity index (χ3v) is 6.10. The maximum atomic E-state index is 12.0. The molecule has 1 amide bonds. The second-order valence-corrected chi connectivity index (χ2v) is 8.27. The van der Waals surface area contributed by atoms with E-state index in [9.17, 15) is 4.79 Å². The van der Waals surface area contributed by atoms with Crippen molar-refractivity contribution in [2.45, 2.75) is 12.8 Å². The molecule has 0 radical (unpaired) electrons. The number of imidazole rings is 1. The number of pyridine rings is 2. The Balaban J connectivity index is 1.34. The molecule has 8 nitrogen and oxygen atoms in total. The van der Waals surface area contributed by atoms with Gasteiger partial charge in [0.1, 0.15) is 5.82 Å². The van der Waals surface area contributed by atoms with Gasteiger partial charge >= 0.3 is 0 Å². The van der Waals surface area contributed by atoms with Crippen LogP contribution in [0.15, 0.2) is 79.6 Å². The van der Waals surface area contributed by atoms with Crippen molar-refractivity contribution in [3.8, 4) is 33.6 Å². The molecule has 1 saturated heterocycles. The monoisotopic (exact) mass is 447 g/mol. The summed E-state index contributed by atoms with van der Waals surface area (Å²) in [7, 11) is 0. The summed E-state index contributed by atoms with van der Waals surface area (Å²) < 4.78 is 1.99. The first-order valence-electron chi connectivity index (χ1n) is 11.1. The first-order valence-corrected chi connectivity index (χ1v) is 11.1. The minimum atomic E-state index is 0.187. The van der Waals surface area contributed by atoms with Gasteiger partial charge in [0.15, 0.2) is 5.65 Å². The zero-order valence-corrected chi connectivity index (χ0v) is 18.3. The molecule has 5 aromatic rings. The number of benzene rings is 1. The minimum Gasteiger partial charge on any atom is -0.384 e. The first-order chi connectivity index (χ1) is 16.7. The van der Waals surface area contributed by atoms with Crippen LogP contribution in [0.25, 0.3) is 39.3 Å². The van der Waals surface area contributed by atoms with E-state index in [1.165, 1.54) is 0 Å². The van der Waals surface area contributed by atoms with Crippen molar-refractivity contribution < 1.29 is 4.79 Å². The highest BCUT2D eigenvalue weighted by Gasteiger charge is 2.21. The number of hydrogen-bond donors (Lipinski definition) is 1. The fourth-order valence-corrected chi connectivity index (χ4v) is 4.30. The molecule has 34 heavy (non-hydrogen) atoms. The molecule has 4 aromatic heterocycles. The van der Waals surface area contributed by atoms with Gasteiger partial charge in [-0.25, -0.2) is 9.97 Å². The largest absolute Gasteiger partial charge is 0.384 e. The van der Waals surface area contributed by atoms with E-state index in [4.69, 9.17) is 5.73 Å². The highest BCUT2D eigenvalue weighted by atomic mass is 16.2. The topological polar surface area (TPSA) is 102 Å². The molecule has 0 aliphatic carbocycles. The molecular weight excluding hydrogens is 426 g/mol. The van der Waals surface area contributed by atoms with E-state index in [1.807, 2.05) is 52.0 Å². The van der Waals surface area contributed by atoms with Crippen molar-refractivity contribution in [3.63, 3.8) is 0 Å². The van der Waals surface area contributed by atoms with E-state index >= 15 is 0 Å². The van der Waals surface area contributed by atoms with E-state index in [0.29, 0.717) is 12.2 Å². The summed E-state index contributed by atoms with van der Waals surface area (Å²) in [5.74, 6) is 0.661. The molecule has 0 unspecified atom stereocenters. The fourth-order valence-electron chi connectivity index (χ4n) is 4.30. The van der Waals surface area contributed by atoms with Crippen LogP contribution in [-0.2, 0) is 4.79 Å². The third-order valence-electron chi connectivity index (χ3n) is 6.10. The minimum absolute atomic E-state index is 0.187. The summed E-state index contributed by atoms with van der Waals surface area (Å²) in [6, 6.07) is 13.8. The quantitative estimate of drug-likeness (QED) is 0.442. The molecule has 166 valence electrons. The lowest BCUT2D eigenvalue weighted by Crippen LogP contribution is -2.23. The van der Waals surface area contributed by atoms with Crippen LogP contribution in [0.2, 0.25) is 0 Å². The zero-order valence-electron chi connectivity index (χ0n) is 18.3. The van der Waals surface area contributed by atoms with Gasteiger partial charge < -0.3 is 10.6 Å². The van der Waals surface area contributed by atoms with E-state index in [0.717, 1.165) is 57.9 Å². The second-order valence-electron chi connectivity index (χ2n) is 8.27. The molecule has 1 aliphatic rings. The number of hydrogen-bond acceptors (Lipinski definition) is 6. The number of nitrogen functional groups attached to an aromatic ring is 1. The number of nitrogens with two attached hydrogens (primary N) is 1. The summed E-state index contributed by atoms with van der Waals surface area (Å²) in [5.41, 5.74) is 12.9. The van der Waals surface area contributed by atoms with Crippen LogP contribution in [0, 0.1) is 0 Å². The Hall–Kier alpha value is -4.59. The number of fused-ring (bicyclic) bond motifs is 1. The van der Waals surface area contributed by atoms with Gasteiger partial charge in [-0.05, 0) is 42.3 Å². The Morgan fingerprint density at radius 1 is 0.794 bits per heavy atom. The van der Waals surface area contributed by atoms with Gasteiger partial charge in [0.2, 0.25) is 5.91 Å². The number of nitrogens with zero attached hydrogens (tertiary/aromatic N) is 6. The Morgan fingerprint density at radius 2 is 1.62 bits per heavy atom. The molecule has 8 heteroatoms. The lowest BCUT2D eigenvalue weighted by molar-refractivity contribution is -0.117. The highest BCUT2D eigenvalue weighted by Crippen LogP contribution is 2.29. The SMILES string of the molecule is Nc1ccc(-c2cnc3cnc(-c4cncc(-c5ccc(N6CCCC6=O)cc5)c4)cn23)cn1. The van der Waals surface area contributed by atoms with E-state index in [-0.39, 0.29) is 5.91 Å². The number of carbonyl (C=O) groups is 1. The molecule has 6 rings (SSSR count). The zero-order chi connectivity index (χ0) is 23.1. The smallest absolute Gasteiger partial charge is 0.227 e. The maximum absolute atomic E-state index is 12.0. The molecule has 0 bridgehead atoms. The van der Waals surface area contributed by atoms with Crippen LogP contribution in [-0.4, -0.2) is 36.8 Å². The normalized spacial score (nSPS) is 13.6. The first kappa shape index (κ1) is 20.0. The van der Waals surface area contributed by atoms with E-state index < -0.39 is 0 Å². The lowest BCUT2D eigenvalue weighted by atomic mass is 10.0. The van der Waals surface area contributed by atoms with Crippen molar-refractivity contribution in [1.82, 2.24) is 24.3 Å². The average Bonchev–Trinajstić information content (AvgIpc) is 3.50. The van der Waals surface area contributed by atoms with Crippen molar-refractivity contribution in [2.24, 2.45) is 0 Å². The van der Waals surface area contributed by atoms with Gasteiger partial charge in [-0.1, -0.05) is 12.1 Å². The van der Waals surface area contributed by atoms with E-state index in [1.54, 1.807) is 30.9 Å². The molecule has 1 aliphatic heterocycles. The summed E-state index contributed by atoms with van der Waals surface area (Å²) in [6.45, 7) is 0.784. The Kier molecular flexibility index (Phi) is 4.76. The Morgan fingerprint density at radius 3 is 2.38 bits per heavy atom. The summed E-state index contributed by atoms with van der Waals surface area (Å²) in [5, 5.41) is 0. The Bertz CT molecular complexity index is 1510. The molecule has 2 N–H and O–H groups in total. The highest BCUT2D eigenvalue weighted by molar-refractivity contribution is 5.95. The van der Waals surface area contributed by atoms with Gasteiger partial charge in [-0.15, -0.1) is 0 Å². The number of rotatable bonds is 4. The molecule has 1 fully saturated rings. The predicted molar refractivity (Wildman–Crippen MR) is 131 cm³/mol. The summed E-state index contributed by atoms with van der Waals surface area (Å²) in [6.07, 6.45) is 12.4. The van der Waals surface area contributed by atoms with Gasteiger partial charge in [0.25, 0.3) is 0 Å². The van der Waals surface area contributed by atoms with Crippen LogP contribution in [0.4, 0.5) is 11.5 Å². The van der Waals surface area contributed by atoms with Crippen LogP contribution in [0.1, 0.15) is 12.8 Å². The fraction of sp³-hybridized carbons (Fsp3) is 0.115. The molecule has 5 heterocycles. The standard InChI is InChI=1S/C26H21N7O/c27-24-8-5-18(13-30-24)23-14-31-25-15-29-22(16-33(23)25)20-10-19(11-28-12-20)17-3-6-21(7-4-17)32-9-1-2-26(32)34/h3-8,10-16H,1-2,9H2,(H2,27,30). The summed E-state index contributed by atoms with van der Waals surface area (Å²) >= 11 is 0. The van der Waals surface area contributed by atoms with Gasteiger partial charge in [-0.3, -0.25) is 19.2 Å². The number of carbonyl (C=O) groups excluding carboxylic acids is 1. The van der Waals surface area contributed by atoms with Crippen LogP contribution in [0.3, 0.4) is 0 Å². The average molecular weight is 448 g/mol. The Labute approximate surface area is 195 Å². The van der Waals surface area contributed by atoms with Crippen molar-refractivity contribution in [1.29, 1.82) is 0 Å². The van der Waals surface area contributed by atoms with Crippen molar-refractivity contribution in [2.75, 3.05) is 17.2 Å². The molecule has 0 spiro atoms. The third kappa shape index (κ3) is 3.55. The molecule has 0 atom stereocenters. The van der Waals surface area contributed by atoms with Crippen LogP contribution >= 0.6 is 0 Å². The second kappa shape index (κ2) is 8.08. The van der Waals surface area contributed by atoms with Gasteiger partial charge in [0, 0.05) is 60.1 Å². The number of anilines is 2. The van der Waals surface area contributed by atoms with Gasteiger partial charge in [0.05, 0.1) is 23.8 Å². The van der Waals surface area contributed by atoms with E-state index in [2.05, 4.69) is 26.0 Å². The number of aromatic nitrogens is 5. The van der Waals surface area contributed by atoms with Crippen LogP contribution < -0.4 is 10.6 Å². The lowest BCUT2D eigenvalue weighted by Gasteiger charge is -2.16. The molecule has 1 aromatic carbocycles. The van der Waals surface area contributed by atoms with Gasteiger partial charge in [-0.2, -0.15) is 0 Å². The summed E-state index contributed by atoms with van der Waals surface area (Å²) in [4.78, 5) is 31.6. The maximum Gasteiger partial charge on any atom is 0.227 e. The predicted octanol–water partition coefficient (Wildman–Crippen LogP) is 4.23. The van der Waals surface area contributed by atoms with Crippen molar-refractivity contribution >= 4 is 23.1 Å². The van der Waals surface area contributed by atoms with Crippen molar-refractivity contribution in [3.05, 3.63) is 79.6 Å².